The molecule has 0 saturated heterocycles. The zero-order chi connectivity index (χ0) is 11.2. The maximum Gasteiger partial charge on any atom is 0.0275 e. The minimum atomic E-state index is 0.150. The summed E-state index contributed by atoms with van der Waals surface area (Å²) >= 11 is 0. The molecule has 0 rings (SSSR count). The number of nitrogens with two attached hydrogens (primary N) is 1. The van der Waals surface area contributed by atoms with E-state index in [0.717, 1.165) is 19.0 Å². The van der Waals surface area contributed by atoms with E-state index in [1.807, 2.05) is 0 Å². The first-order valence-corrected chi connectivity index (χ1v) is 5.93. The Balaban J connectivity index is 4.14. The van der Waals surface area contributed by atoms with Crippen LogP contribution in [0.4, 0.5) is 0 Å². The molecule has 0 aliphatic rings. The highest BCUT2D eigenvalue weighted by molar-refractivity contribution is 4.82. The van der Waals surface area contributed by atoms with Crippen LogP contribution < -0.4 is 5.73 Å². The number of likely N-dealkylation sites (N-methyl/N-ethyl adjacent to an activating group) is 1. The summed E-state index contributed by atoms with van der Waals surface area (Å²) < 4.78 is 0. The maximum absolute atomic E-state index is 5.79. The molecule has 0 fully saturated rings. The van der Waals surface area contributed by atoms with Gasteiger partial charge in [-0.2, -0.15) is 0 Å². The zero-order valence-electron chi connectivity index (χ0n) is 10.6. The van der Waals surface area contributed by atoms with Gasteiger partial charge in [-0.1, -0.05) is 27.2 Å². The molecule has 2 heteroatoms. The molecule has 0 aliphatic heterocycles. The van der Waals surface area contributed by atoms with E-state index in [2.05, 4.69) is 39.5 Å². The van der Waals surface area contributed by atoms with E-state index in [-0.39, 0.29) is 5.54 Å². The summed E-state index contributed by atoms with van der Waals surface area (Å²) in [6.07, 6.45) is 2.60. The molecule has 0 spiro atoms. The van der Waals surface area contributed by atoms with Crippen LogP contribution in [0.25, 0.3) is 0 Å². The Morgan fingerprint density at radius 2 is 1.86 bits per heavy atom. The fourth-order valence-corrected chi connectivity index (χ4v) is 1.89. The molecule has 14 heavy (non-hydrogen) atoms. The van der Waals surface area contributed by atoms with Crippen molar-refractivity contribution in [2.75, 3.05) is 19.6 Å². The van der Waals surface area contributed by atoms with E-state index in [0.29, 0.717) is 0 Å². The zero-order valence-corrected chi connectivity index (χ0v) is 10.6. The molecule has 1 unspecified atom stereocenters. The molecule has 0 amide bonds. The Morgan fingerprint density at radius 1 is 1.29 bits per heavy atom. The topological polar surface area (TPSA) is 29.3 Å². The minimum absolute atomic E-state index is 0.150. The van der Waals surface area contributed by atoms with Gasteiger partial charge in [0.05, 0.1) is 0 Å². The van der Waals surface area contributed by atoms with Crippen LogP contribution in [0.1, 0.15) is 47.5 Å². The molecule has 0 bridgehead atoms. The highest BCUT2D eigenvalue weighted by atomic mass is 15.2. The highest BCUT2D eigenvalue weighted by Gasteiger charge is 2.24. The van der Waals surface area contributed by atoms with Crippen LogP contribution in [0.15, 0.2) is 0 Å². The van der Waals surface area contributed by atoms with E-state index >= 15 is 0 Å². The van der Waals surface area contributed by atoms with Gasteiger partial charge in [0.1, 0.15) is 0 Å². The lowest BCUT2D eigenvalue weighted by Crippen LogP contribution is -2.50. The van der Waals surface area contributed by atoms with E-state index in [4.69, 9.17) is 5.73 Å². The van der Waals surface area contributed by atoms with Gasteiger partial charge in [0.2, 0.25) is 0 Å². The lowest BCUT2D eigenvalue weighted by molar-refractivity contribution is 0.113. The fraction of sp³-hybridized carbons (Fsp3) is 1.00. The first kappa shape index (κ1) is 13.9. The van der Waals surface area contributed by atoms with Gasteiger partial charge in [-0.3, -0.25) is 4.90 Å². The minimum Gasteiger partial charge on any atom is -0.329 e. The van der Waals surface area contributed by atoms with Gasteiger partial charge in [-0.25, -0.2) is 0 Å². The summed E-state index contributed by atoms with van der Waals surface area (Å²) in [6.45, 7) is 14.3. The molecule has 0 aliphatic carbocycles. The van der Waals surface area contributed by atoms with Crippen LogP contribution in [-0.4, -0.2) is 30.1 Å². The molecular formula is C12H28N2. The molecule has 0 heterocycles. The predicted octanol–water partition coefficient (Wildman–Crippen LogP) is 2.48. The van der Waals surface area contributed by atoms with Gasteiger partial charge in [0, 0.05) is 18.6 Å². The third-order valence-corrected chi connectivity index (χ3v) is 3.05. The van der Waals surface area contributed by atoms with Crippen LogP contribution >= 0.6 is 0 Å². The fourth-order valence-electron chi connectivity index (χ4n) is 1.89. The largest absolute Gasteiger partial charge is 0.329 e. The number of hydrogen-bond acceptors (Lipinski definition) is 2. The summed E-state index contributed by atoms with van der Waals surface area (Å²) in [5.74, 6) is 0.783. The van der Waals surface area contributed by atoms with Crippen molar-refractivity contribution in [3.63, 3.8) is 0 Å². The molecule has 0 radical (unpaired) electrons. The SMILES string of the molecule is CCCC(C)CN(CC)C(C)(C)CN. The van der Waals surface area contributed by atoms with Crippen molar-refractivity contribution in [3.8, 4) is 0 Å². The Morgan fingerprint density at radius 3 is 2.21 bits per heavy atom. The average Bonchev–Trinajstić information content (AvgIpc) is 2.14. The van der Waals surface area contributed by atoms with E-state index < -0.39 is 0 Å². The molecule has 1 atom stereocenters. The smallest absolute Gasteiger partial charge is 0.0275 e. The molecule has 86 valence electrons. The second-order valence-electron chi connectivity index (χ2n) is 4.95. The van der Waals surface area contributed by atoms with Crippen molar-refractivity contribution in [2.45, 2.75) is 53.0 Å². The molecule has 0 aromatic carbocycles. The van der Waals surface area contributed by atoms with Crippen molar-refractivity contribution in [1.82, 2.24) is 4.90 Å². The summed E-state index contributed by atoms with van der Waals surface area (Å²) in [6, 6.07) is 0. The number of nitrogens with zero attached hydrogens (tertiary/aromatic N) is 1. The van der Waals surface area contributed by atoms with Gasteiger partial charge in [-0.15, -0.1) is 0 Å². The molecule has 0 aromatic rings. The Hall–Kier alpha value is -0.0800. The second kappa shape index (κ2) is 6.41. The first-order chi connectivity index (χ1) is 6.47. The highest BCUT2D eigenvalue weighted by Crippen LogP contribution is 2.16. The van der Waals surface area contributed by atoms with Gasteiger partial charge in [0.15, 0.2) is 0 Å². The van der Waals surface area contributed by atoms with Crippen molar-refractivity contribution in [1.29, 1.82) is 0 Å². The summed E-state index contributed by atoms with van der Waals surface area (Å²) in [7, 11) is 0. The van der Waals surface area contributed by atoms with Crippen LogP contribution in [0, 0.1) is 5.92 Å². The Bertz CT molecular complexity index is 143. The molecule has 2 nitrogen and oxygen atoms in total. The van der Waals surface area contributed by atoms with Crippen LogP contribution in [0.2, 0.25) is 0 Å². The van der Waals surface area contributed by atoms with Crippen molar-refractivity contribution in [2.24, 2.45) is 11.7 Å². The van der Waals surface area contributed by atoms with Gasteiger partial charge in [0.25, 0.3) is 0 Å². The van der Waals surface area contributed by atoms with E-state index in [9.17, 15) is 0 Å². The van der Waals surface area contributed by atoms with Crippen molar-refractivity contribution >= 4 is 0 Å². The normalized spacial score (nSPS) is 14.8. The van der Waals surface area contributed by atoms with E-state index in [1.165, 1.54) is 19.4 Å². The third-order valence-electron chi connectivity index (χ3n) is 3.05. The van der Waals surface area contributed by atoms with Crippen molar-refractivity contribution in [3.05, 3.63) is 0 Å². The van der Waals surface area contributed by atoms with Gasteiger partial charge < -0.3 is 5.73 Å². The summed E-state index contributed by atoms with van der Waals surface area (Å²) in [4.78, 5) is 2.49. The molecule has 0 saturated carbocycles. The Labute approximate surface area is 89.9 Å². The van der Waals surface area contributed by atoms with Crippen LogP contribution in [0.5, 0.6) is 0 Å². The molecule has 0 aromatic heterocycles. The van der Waals surface area contributed by atoms with Crippen molar-refractivity contribution < 1.29 is 0 Å². The number of rotatable bonds is 7. The monoisotopic (exact) mass is 200 g/mol. The van der Waals surface area contributed by atoms with Crippen LogP contribution in [-0.2, 0) is 0 Å². The average molecular weight is 200 g/mol. The maximum atomic E-state index is 5.79. The summed E-state index contributed by atoms with van der Waals surface area (Å²) in [5.41, 5.74) is 5.94. The second-order valence-corrected chi connectivity index (χ2v) is 4.95. The number of hydrogen-bond donors (Lipinski definition) is 1. The standard InChI is InChI=1S/C12H28N2/c1-6-8-11(3)9-14(7-2)12(4,5)10-13/h11H,6-10,13H2,1-5H3. The molecular weight excluding hydrogens is 172 g/mol. The predicted molar refractivity (Wildman–Crippen MR) is 64.5 cm³/mol. The van der Waals surface area contributed by atoms with Gasteiger partial charge in [-0.05, 0) is 32.7 Å². The lowest BCUT2D eigenvalue weighted by atomic mass is 9.99. The van der Waals surface area contributed by atoms with E-state index in [1.54, 1.807) is 0 Å². The first-order valence-electron chi connectivity index (χ1n) is 5.93. The molecule has 2 N–H and O–H groups in total. The summed E-state index contributed by atoms with van der Waals surface area (Å²) in [5, 5.41) is 0. The lowest BCUT2D eigenvalue weighted by Gasteiger charge is -2.38. The van der Waals surface area contributed by atoms with Gasteiger partial charge >= 0.3 is 0 Å². The Kier molecular flexibility index (Phi) is 6.38. The van der Waals surface area contributed by atoms with Crippen LogP contribution in [0.3, 0.4) is 0 Å². The third kappa shape index (κ3) is 4.43. The quantitative estimate of drug-likeness (QED) is 0.684.